The van der Waals surface area contributed by atoms with Crippen molar-refractivity contribution in [2.75, 3.05) is 26.6 Å². The Hall–Kier alpha value is -3.65. The van der Waals surface area contributed by atoms with E-state index < -0.39 is 12.1 Å². The average Bonchev–Trinajstić information content (AvgIpc) is 3.03. The molecule has 2 N–H and O–H groups in total. The smallest absolute Gasteiger partial charge is 0.344 e. The van der Waals surface area contributed by atoms with Gasteiger partial charge in [-0.2, -0.15) is 0 Å². The predicted molar refractivity (Wildman–Crippen MR) is 118 cm³/mol. The number of nitrogens with zero attached hydrogens (tertiary/aromatic N) is 3. The normalized spacial score (nSPS) is 12.2. The van der Waals surface area contributed by atoms with Crippen LogP contribution in [-0.2, 0) is 16.0 Å². The molecule has 1 atom stereocenters. The van der Waals surface area contributed by atoms with Crippen molar-refractivity contribution >= 4 is 34.0 Å². The average molecular weight is 420 g/mol. The largest absolute Gasteiger partial charge is 0.497 e. The number of esters is 1. The number of methoxy groups -OCH3 is 2. The number of hydrogen-bond acceptors (Lipinski definition) is 7. The van der Waals surface area contributed by atoms with Gasteiger partial charge < -0.3 is 24.5 Å². The summed E-state index contributed by atoms with van der Waals surface area (Å²) in [6.45, 7) is 2.46. The number of nitrogens with two attached hydrogens (primary N) is 1. The summed E-state index contributed by atoms with van der Waals surface area (Å²) in [5, 5.41) is 0. The molecule has 4 rings (SSSR count). The molecule has 8 heteroatoms. The molecule has 2 heterocycles. The maximum absolute atomic E-state index is 13.0. The molecule has 160 valence electrons. The van der Waals surface area contributed by atoms with Crippen molar-refractivity contribution in [2.45, 2.75) is 19.6 Å². The lowest BCUT2D eigenvalue weighted by Crippen LogP contribution is -2.20. The molecule has 8 nitrogen and oxygen atoms in total. The second kappa shape index (κ2) is 8.61. The molecule has 0 bridgehead atoms. The van der Waals surface area contributed by atoms with Crippen molar-refractivity contribution in [3.63, 3.8) is 0 Å². The van der Waals surface area contributed by atoms with Gasteiger partial charge in [0.15, 0.2) is 5.65 Å². The number of para-hydroxylation sites is 2. The Bertz CT molecular complexity index is 1230. The summed E-state index contributed by atoms with van der Waals surface area (Å²) in [5.74, 6) is 0.470. The minimum Gasteiger partial charge on any atom is -0.497 e. The number of nitrogen functional groups attached to an aromatic ring is 1. The van der Waals surface area contributed by atoms with Crippen molar-refractivity contribution in [1.82, 2.24) is 14.5 Å². The van der Waals surface area contributed by atoms with Gasteiger partial charge in [-0.05, 0) is 36.8 Å². The van der Waals surface area contributed by atoms with Crippen molar-refractivity contribution < 1.29 is 19.0 Å². The van der Waals surface area contributed by atoms with Crippen molar-refractivity contribution in [3.05, 3.63) is 59.7 Å². The molecule has 0 aliphatic heterocycles. The summed E-state index contributed by atoms with van der Waals surface area (Å²) in [5.41, 5.74) is 9.99. The first-order chi connectivity index (χ1) is 15.0. The highest BCUT2D eigenvalue weighted by atomic mass is 16.6. The molecule has 0 spiro atoms. The molecular weight excluding hydrogens is 396 g/mol. The van der Waals surface area contributed by atoms with E-state index in [9.17, 15) is 4.79 Å². The second-order valence-corrected chi connectivity index (χ2v) is 7.25. The Labute approximate surface area is 179 Å². The van der Waals surface area contributed by atoms with Gasteiger partial charge in [-0.25, -0.2) is 14.8 Å². The molecule has 0 radical (unpaired) electrons. The van der Waals surface area contributed by atoms with Crippen molar-refractivity contribution in [1.29, 1.82) is 0 Å². The van der Waals surface area contributed by atoms with E-state index in [1.807, 2.05) is 48.5 Å². The highest BCUT2D eigenvalue weighted by Crippen LogP contribution is 2.30. The van der Waals surface area contributed by atoms with Crippen LogP contribution in [-0.4, -0.2) is 47.4 Å². The van der Waals surface area contributed by atoms with E-state index in [1.54, 1.807) is 25.7 Å². The van der Waals surface area contributed by atoms with Crippen LogP contribution in [0.4, 0.5) is 5.82 Å². The molecule has 0 aliphatic rings. The van der Waals surface area contributed by atoms with Gasteiger partial charge in [0.2, 0.25) is 0 Å². The Morgan fingerprint density at radius 3 is 2.39 bits per heavy atom. The fraction of sp³-hybridized carbons (Fsp3) is 0.261. The molecule has 4 aromatic rings. The molecule has 0 saturated heterocycles. The number of anilines is 1. The lowest BCUT2D eigenvalue weighted by atomic mass is 10.2. The van der Waals surface area contributed by atoms with Crippen LogP contribution in [0.2, 0.25) is 0 Å². The number of hydrogen-bond donors (Lipinski definition) is 1. The van der Waals surface area contributed by atoms with E-state index in [4.69, 9.17) is 24.9 Å². The number of carbonyl (C=O) groups is 1. The van der Waals surface area contributed by atoms with Gasteiger partial charge >= 0.3 is 5.97 Å². The minimum atomic E-state index is -0.551. The molecule has 31 heavy (non-hydrogen) atoms. The first-order valence-corrected chi connectivity index (χ1v) is 9.89. The van der Waals surface area contributed by atoms with Crippen LogP contribution in [0.3, 0.4) is 0 Å². The molecule has 0 amide bonds. The number of carbonyl (C=O) groups excluding carboxylic acids is 1. The number of ether oxygens (including phenoxy) is 3. The zero-order chi connectivity index (χ0) is 22.0. The number of fused-ring (bicyclic) bond motifs is 2. The van der Waals surface area contributed by atoms with Crippen LogP contribution < -0.4 is 10.5 Å². The molecule has 2 aromatic heterocycles. The van der Waals surface area contributed by atoms with Crippen LogP contribution in [0, 0.1) is 0 Å². The third kappa shape index (κ3) is 4.02. The Balaban J connectivity index is 1.84. The van der Waals surface area contributed by atoms with E-state index in [0.717, 1.165) is 16.8 Å². The van der Waals surface area contributed by atoms with E-state index in [-0.39, 0.29) is 18.0 Å². The van der Waals surface area contributed by atoms with Gasteiger partial charge in [-0.3, -0.25) is 0 Å². The van der Waals surface area contributed by atoms with Gasteiger partial charge in [-0.1, -0.05) is 24.3 Å². The predicted octanol–water partition coefficient (Wildman–Crippen LogP) is 3.42. The first kappa shape index (κ1) is 20.6. The third-order valence-corrected chi connectivity index (χ3v) is 5.01. The lowest BCUT2D eigenvalue weighted by molar-refractivity contribution is 0.0123. The standard InChI is InChI=1S/C23H24N4O4/c1-14(13-29-2)31-23(28)19-20-22(26-18-7-5-4-6-17(18)25-20)27(21(19)24)12-15-8-10-16(30-3)11-9-15/h4-11,14H,12-13,24H2,1-3H3/t14-/m1/s1. The van der Waals surface area contributed by atoms with Crippen LogP contribution in [0.15, 0.2) is 48.5 Å². The van der Waals surface area contributed by atoms with Crippen molar-refractivity contribution in [3.8, 4) is 5.75 Å². The zero-order valence-corrected chi connectivity index (χ0v) is 17.7. The summed E-state index contributed by atoms with van der Waals surface area (Å²) in [4.78, 5) is 22.4. The van der Waals surface area contributed by atoms with E-state index in [0.29, 0.717) is 23.2 Å². The van der Waals surface area contributed by atoms with Crippen molar-refractivity contribution in [2.24, 2.45) is 0 Å². The molecule has 0 aliphatic carbocycles. The third-order valence-electron chi connectivity index (χ3n) is 5.01. The quantitative estimate of drug-likeness (QED) is 0.457. The molecular formula is C23H24N4O4. The molecule has 2 aromatic carbocycles. The second-order valence-electron chi connectivity index (χ2n) is 7.25. The van der Waals surface area contributed by atoms with E-state index in [1.165, 1.54) is 0 Å². The summed E-state index contributed by atoms with van der Waals surface area (Å²) >= 11 is 0. The summed E-state index contributed by atoms with van der Waals surface area (Å²) in [6, 6.07) is 15.1. The highest BCUT2D eigenvalue weighted by molar-refractivity contribution is 6.08. The zero-order valence-electron chi connectivity index (χ0n) is 17.7. The number of aromatic nitrogens is 3. The fourth-order valence-electron chi connectivity index (χ4n) is 3.50. The number of benzene rings is 2. The SMILES string of the molecule is COC[C@@H](C)OC(=O)c1c(N)n(Cc2ccc(OC)cc2)c2nc3ccccc3nc12. The van der Waals surface area contributed by atoms with Crippen LogP contribution >= 0.6 is 0 Å². The monoisotopic (exact) mass is 420 g/mol. The van der Waals surface area contributed by atoms with Crippen LogP contribution in [0.5, 0.6) is 5.75 Å². The maximum atomic E-state index is 13.0. The molecule has 0 saturated carbocycles. The Kier molecular flexibility index (Phi) is 5.73. The van der Waals surface area contributed by atoms with Gasteiger partial charge in [0.05, 0.1) is 31.3 Å². The maximum Gasteiger partial charge on any atom is 0.344 e. The fourth-order valence-corrected chi connectivity index (χ4v) is 3.50. The Morgan fingerprint density at radius 2 is 1.74 bits per heavy atom. The first-order valence-electron chi connectivity index (χ1n) is 9.89. The topological polar surface area (TPSA) is 101 Å². The minimum absolute atomic E-state index is 0.213. The number of rotatable bonds is 7. The van der Waals surface area contributed by atoms with Gasteiger partial charge in [0.25, 0.3) is 0 Å². The van der Waals surface area contributed by atoms with Gasteiger partial charge in [-0.15, -0.1) is 0 Å². The van der Waals surface area contributed by atoms with Crippen LogP contribution in [0.1, 0.15) is 22.8 Å². The van der Waals surface area contributed by atoms with Crippen LogP contribution in [0.25, 0.3) is 22.2 Å². The van der Waals surface area contributed by atoms with E-state index >= 15 is 0 Å². The lowest BCUT2D eigenvalue weighted by Gasteiger charge is -2.12. The Morgan fingerprint density at radius 1 is 1.06 bits per heavy atom. The summed E-state index contributed by atoms with van der Waals surface area (Å²) in [6.07, 6.45) is -0.426. The highest BCUT2D eigenvalue weighted by Gasteiger charge is 2.26. The van der Waals surface area contributed by atoms with Gasteiger partial charge in [0, 0.05) is 7.11 Å². The van der Waals surface area contributed by atoms with E-state index in [2.05, 4.69) is 4.98 Å². The molecule has 0 fully saturated rings. The molecule has 0 unspecified atom stereocenters. The summed E-state index contributed by atoms with van der Waals surface area (Å²) in [7, 11) is 3.17. The summed E-state index contributed by atoms with van der Waals surface area (Å²) < 4.78 is 17.6. The van der Waals surface area contributed by atoms with Gasteiger partial charge in [0.1, 0.15) is 28.8 Å².